The summed E-state index contributed by atoms with van der Waals surface area (Å²) in [7, 11) is 0. The number of hydrogen-bond acceptors (Lipinski definition) is 4. The van der Waals surface area contributed by atoms with Crippen LogP contribution in [0.1, 0.15) is 40.5 Å². The molecule has 18 heavy (non-hydrogen) atoms. The van der Waals surface area contributed by atoms with E-state index in [4.69, 9.17) is 14.6 Å². The number of nitrogens with one attached hydrogen (secondary N) is 1. The molecule has 2 N–H and O–H groups in total. The first kappa shape index (κ1) is 17.4. The Bertz CT molecular complexity index is 235. The largest absolute Gasteiger partial charge is 0.480 e. The molecular formula is C13H27NO4. The van der Waals surface area contributed by atoms with E-state index in [2.05, 4.69) is 5.32 Å². The molecule has 0 aromatic rings. The lowest BCUT2D eigenvalue weighted by Crippen LogP contribution is -2.49. The number of likely N-dealkylation sites (N-methyl/N-ethyl adjacent to an activating group) is 1. The second kappa shape index (κ2) is 9.30. The Hall–Kier alpha value is -0.650. The van der Waals surface area contributed by atoms with Gasteiger partial charge in [-0.2, -0.15) is 0 Å². The second-order valence-corrected chi connectivity index (χ2v) is 4.61. The van der Waals surface area contributed by atoms with E-state index in [1.54, 1.807) is 6.92 Å². The number of hydrogen-bond donors (Lipinski definition) is 2. The number of aliphatic carboxylic acids is 1. The van der Waals surface area contributed by atoms with Gasteiger partial charge in [0.1, 0.15) is 5.54 Å². The van der Waals surface area contributed by atoms with E-state index in [-0.39, 0.29) is 6.10 Å². The normalized spacial score (nSPS) is 16.2. The highest BCUT2D eigenvalue weighted by atomic mass is 16.5. The summed E-state index contributed by atoms with van der Waals surface area (Å²) in [4.78, 5) is 11.2. The van der Waals surface area contributed by atoms with Gasteiger partial charge >= 0.3 is 5.97 Å². The molecule has 0 saturated carbocycles. The molecule has 5 nitrogen and oxygen atoms in total. The quantitative estimate of drug-likeness (QED) is 0.554. The molecule has 0 aliphatic carbocycles. The van der Waals surface area contributed by atoms with Gasteiger partial charge in [-0.05, 0) is 40.2 Å². The lowest BCUT2D eigenvalue weighted by molar-refractivity contribution is -0.144. The number of ether oxygens (including phenoxy) is 2. The third-order valence-corrected chi connectivity index (χ3v) is 2.82. The minimum Gasteiger partial charge on any atom is -0.480 e. The molecule has 0 aliphatic heterocycles. The predicted octanol–water partition coefficient (Wildman–Crippen LogP) is 1.66. The van der Waals surface area contributed by atoms with Crippen molar-refractivity contribution in [3.8, 4) is 0 Å². The number of carboxylic acids is 1. The van der Waals surface area contributed by atoms with Crippen molar-refractivity contribution in [1.29, 1.82) is 0 Å². The molecule has 0 bridgehead atoms. The van der Waals surface area contributed by atoms with Crippen LogP contribution in [0.2, 0.25) is 0 Å². The summed E-state index contributed by atoms with van der Waals surface area (Å²) >= 11 is 0. The van der Waals surface area contributed by atoms with Crippen molar-refractivity contribution in [3.63, 3.8) is 0 Å². The maximum Gasteiger partial charge on any atom is 0.323 e. The van der Waals surface area contributed by atoms with E-state index in [1.807, 2.05) is 20.8 Å². The smallest absolute Gasteiger partial charge is 0.323 e. The number of carboxylic acid groups (broad SMARTS) is 1. The number of carbonyl (C=O) groups is 1. The van der Waals surface area contributed by atoms with Crippen molar-refractivity contribution >= 4 is 5.97 Å². The van der Waals surface area contributed by atoms with Gasteiger partial charge in [-0.25, -0.2) is 0 Å². The third-order valence-electron chi connectivity index (χ3n) is 2.82. The molecule has 0 aromatic carbocycles. The van der Waals surface area contributed by atoms with E-state index in [1.165, 1.54) is 0 Å². The van der Waals surface area contributed by atoms with Gasteiger partial charge in [-0.15, -0.1) is 0 Å². The van der Waals surface area contributed by atoms with Crippen LogP contribution in [0.5, 0.6) is 0 Å². The highest BCUT2D eigenvalue weighted by Gasteiger charge is 2.31. The zero-order chi connectivity index (χ0) is 14.0. The Labute approximate surface area is 110 Å². The highest BCUT2D eigenvalue weighted by molar-refractivity contribution is 5.78. The first-order valence-corrected chi connectivity index (χ1v) is 6.64. The predicted molar refractivity (Wildman–Crippen MR) is 70.9 cm³/mol. The van der Waals surface area contributed by atoms with Crippen molar-refractivity contribution in [2.75, 3.05) is 26.4 Å². The summed E-state index contributed by atoms with van der Waals surface area (Å²) in [6.07, 6.45) is 1.32. The fourth-order valence-corrected chi connectivity index (χ4v) is 1.70. The van der Waals surface area contributed by atoms with Crippen LogP contribution in [0.15, 0.2) is 0 Å². The molecule has 5 heteroatoms. The Balaban J connectivity index is 3.83. The van der Waals surface area contributed by atoms with Crippen LogP contribution in [0, 0.1) is 0 Å². The second-order valence-electron chi connectivity index (χ2n) is 4.61. The molecule has 2 unspecified atom stereocenters. The molecule has 0 saturated heterocycles. The lowest BCUT2D eigenvalue weighted by Gasteiger charge is -2.25. The zero-order valence-electron chi connectivity index (χ0n) is 12.0. The Morgan fingerprint density at radius 3 is 2.61 bits per heavy atom. The third kappa shape index (κ3) is 6.93. The first-order chi connectivity index (χ1) is 8.46. The van der Waals surface area contributed by atoms with Crippen LogP contribution < -0.4 is 5.32 Å². The summed E-state index contributed by atoms with van der Waals surface area (Å²) in [5.41, 5.74) is -0.860. The van der Waals surface area contributed by atoms with Gasteiger partial charge in [-0.3, -0.25) is 4.79 Å². The van der Waals surface area contributed by atoms with E-state index in [9.17, 15) is 4.79 Å². The van der Waals surface area contributed by atoms with Crippen molar-refractivity contribution in [1.82, 2.24) is 5.32 Å². The van der Waals surface area contributed by atoms with Crippen LogP contribution in [0.4, 0.5) is 0 Å². The summed E-state index contributed by atoms with van der Waals surface area (Å²) in [5, 5.41) is 12.2. The van der Waals surface area contributed by atoms with Crippen molar-refractivity contribution in [2.45, 2.75) is 52.2 Å². The van der Waals surface area contributed by atoms with Crippen molar-refractivity contribution in [3.05, 3.63) is 0 Å². The minimum atomic E-state index is -0.860. The lowest BCUT2D eigenvalue weighted by atomic mass is 9.96. The Morgan fingerprint density at radius 1 is 1.44 bits per heavy atom. The zero-order valence-corrected chi connectivity index (χ0v) is 12.0. The van der Waals surface area contributed by atoms with Crippen LogP contribution >= 0.6 is 0 Å². The van der Waals surface area contributed by atoms with Crippen LogP contribution in [-0.4, -0.2) is 49.1 Å². The van der Waals surface area contributed by atoms with Crippen LogP contribution in [-0.2, 0) is 14.3 Å². The van der Waals surface area contributed by atoms with Gasteiger partial charge in [0.25, 0.3) is 0 Å². The van der Waals surface area contributed by atoms with Crippen LogP contribution in [0.25, 0.3) is 0 Å². The van der Waals surface area contributed by atoms with E-state index >= 15 is 0 Å². The summed E-state index contributed by atoms with van der Waals surface area (Å²) in [5.74, 6) is -0.813. The maximum atomic E-state index is 11.2. The number of rotatable bonds is 11. The van der Waals surface area contributed by atoms with Crippen molar-refractivity contribution in [2.24, 2.45) is 0 Å². The molecule has 0 spiro atoms. The highest BCUT2D eigenvalue weighted by Crippen LogP contribution is 2.13. The first-order valence-electron chi connectivity index (χ1n) is 6.64. The topological polar surface area (TPSA) is 67.8 Å². The van der Waals surface area contributed by atoms with Gasteiger partial charge < -0.3 is 19.9 Å². The van der Waals surface area contributed by atoms with E-state index in [0.717, 1.165) is 0 Å². The monoisotopic (exact) mass is 261 g/mol. The average molecular weight is 261 g/mol. The fourth-order valence-electron chi connectivity index (χ4n) is 1.70. The van der Waals surface area contributed by atoms with Gasteiger partial charge in [0.15, 0.2) is 0 Å². The van der Waals surface area contributed by atoms with Crippen LogP contribution in [0.3, 0.4) is 0 Å². The summed E-state index contributed by atoms with van der Waals surface area (Å²) < 4.78 is 10.8. The SMILES string of the molecule is CCNC(C)(CCCOC(C)COCC)C(=O)O. The molecule has 0 heterocycles. The molecule has 0 aromatic heterocycles. The molecule has 0 amide bonds. The van der Waals surface area contributed by atoms with Gasteiger partial charge in [0.2, 0.25) is 0 Å². The fraction of sp³-hybridized carbons (Fsp3) is 0.923. The van der Waals surface area contributed by atoms with E-state index < -0.39 is 11.5 Å². The minimum absolute atomic E-state index is 0.0557. The van der Waals surface area contributed by atoms with E-state index in [0.29, 0.717) is 39.2 Å². The molecular weight excluding hydrogens is 234 g/mol. The average Bonchev–Trinajstić information content (AvgIpc) is 2.32. The molecule has 0 rings (SSSR count). The maximum absolute atomic E-state index is 11.2. The Morgan fingerprint density at radius 2 is 2.11 bits per heavy atom. The molecule has 0 fully saturated rings. The molecule has 108 valence electrons. The van der Waals surface area contributed by atoms with Gasteiger partial charge in [0.05, 0.1) is 12.7 Å². The standard InChI is InChI=1S/C13H27NO4/c1-5-14-13(4,12(15)16)8-7-9-18-11(3)10-17-6-2/h11,14H,5-10H2,1-4H3,(H,15,16). The van der Waals surface area contributed by atoms with Gasteiger partial charge in [0, 0.05) is 13.2 Å². The summed E-state index contributed by atoms with van der Waals surface area (Å²) in [6.45, 7) is 9.99. The summed E-state index contributed by atoms with van der Waals surface area (Å²) in [6, 6.07) is 0. The molecule has 2 atom stereocenters. The molecule has 0 radical (unpaired) electrons. The molecule has 0 aliphatic rings. The van der Waals surface area contributed by atoms with Crippen molar-refractivity contribution < 1.29 is 19.4 Å². The van der Waals surface area contributed by atoms with Gasteiger partial charge in [-0.1, -0.05) is 6.92 Å². The Kier molecular flexibility index (Phi) is 8.97.